The SMILES string of the molecule is COCCNC(=O)Cn1cc(NC(=O)Cc2ccc(N)cc2)cn1. The molecule has 0 aliphatic rings. The van der Waals surface area contributed by atoms with Crippen molar-refractivity contribution in [2.45, 2.75) is 13.0 Å². The molecule has 0 saturated carbocycles. The Balaban J connectivity index is 1.81. The minimum atomic E-state index is -0.171. The number of benzene rings is 1. The monoisotopic (exact) mass is 331 g/mol. The number of carbonyl (C=O) groups is 2. The van der Waals surface area contributed by atoms with E-state index >= 15 is 0 Å². The van der Waals surface area contributed by atoms with Crippen LogP contribution < -0.4 is 16.4 Å². The number of nitrogens with zero attached hydrogens (tertiary/aromatic N) is 2. The van der Waals surface area contributed by atoms with Gasteiger partial charge in [0.2, 0.25) is 11.8 Å². The number of hydrogen-bond donors (Lipinski definition) is 3. The van der Waals surface area contributed by atoms with Gasteiger partial charge in [-0.05, 0) is 17.7 Å². The summed E-state index contributed by atoms with van der Waals surface area (Å²) in [4.78, 5) is 23.7. The summed E-state index contributed by atoms with van der Waals surface area (Å²) in [6.07, 6.45) is 3.35. The molecule has 2 aromatic rings. The fourth-order valence-corrected chi connectivity index (χ4v) is 2.04. The normalized spacial score (nSPS) is 10.4. The van der Waals surface area contributed by atoms with E-state index in [-0.39, 0.29) is 24.8 Å². The van der Waals surface area contributed by atoms with E-state index in [2.05, 4.69) is 15.7 Å². The van der Waals surface area contributed by atoms with Crippen molar-refractivity contribution in [2.24, 2.45) is 0 Å². The smallest absolute Gasteiger partial charge is 0.241 e. The standard InChI is InChI=1S/C16H21N5O3/c1-24-7-6-18-16(23)11-21-10-14(9-19-21)20-15(22)8-12-2-4-13(17)5-3-12/h2-5,9-10H,6-8,11,17H2,1H3,(H,18,23)(H,20,22). The van der Waals surface area contributed by atoms with Crippen LogP contribution in [0.3, 0.4) is 0 Å². The Labute approximate surface area is 140 Å². The van der Waals surface area contributed by atoms with E-state index in [1.165, 1.54) is 10.9 Å². The van der Waals surface area contributed by atoms with Crippen LogP contribution in [0.25, 0.3) is 0 Å². The zero-order chi connectivity index (χ0) is 17.4. The highest BCUT2D eigenvalue weighted by atomic mass is 16.5. The molecule has 0 aliphatic heterocycles. The summed E-state index contributed by atoms with van der Waals surface area (Å²) in [5.41, 5.74) is 7.68. The molecule has 8 nitrogen and oxygen atoms in total. The van der Waals surface area contributed by atoms with E-state index in [9.17, 15) is 9.59 Å². The molecule has 2 amide bonds. The Morgan fingerprint density at radius 3 is 2.71 bits per heavy atom. The number of amides is 2. The molecule has 128 valence electrons. The van der Waals surface area contributed by atoms with Gasteiger partial charge in [-0.15, -0.1) is 0 Å². The molecule has 0 fully saturated rings. The maximum atomic E-state index is 12.0. The number of carbonyl (C=O) groups excluding carboxylic acids is 2. The molecule has 1 aromatic heterocycles. The number of ether oxygens (including phenoxy) is 1. The Bertz CT molecular complexity index is 681. The fourth-order valence-electron chi connectivity index (χ4n) is 2.04. The molecule has 0 atom stereocenters. The van der Waals surface area contributed by atoms with Crippen LogP contribution >= 0.6 is 0 Å². The van der Waals surface area contributed by atoms with Crippen molar-refractivity contribution in [2.75, 3.05) is 31.3 Å². The number of methoxy groups -OCH3 is 1. The quantitative estimate of drug-likeness (QED) is 0.479. The number of aromatic nitrogens is 2. The van der Waals surface area contributed by atoms with Crippen molar-refractivity contribution >= 4 is 23.2 Å². The van der Waals surface area contributed by atoms with Gasteiger partial charge in [0.15, 0.2) is 0 Å². The van der Waals surface area contributed by atoms with Crippen LogP contribution in [-0.2, 0) is 27.3 Å². The highest BCUT2D eigenvalue weighted by molar-refractivity contribution is 5.92. The summed E-state index contributed by atoms with van der Waals surface area (Å²) in [6, 6.07) is 7.12. The average molecular weight is 331 g/mol. The first-order chi connectivity index (χ1) is 11.6. The zero-order valence-electron chi connectivity index (χ0n) is 13.5. The average Bonchev–Trinajstić information content (AvgIpc) is 2.96. The molecule has 0 unspecified atom stereocenters. The van der Waals surface area contributed by atoms with Crippen LogP contribution in [0.15, 0.2) is 36.7 Å². The predicted octanol–water partition coefficient (Wildman–Crippen LogP) is 0.409. The van der Waals surface area contributed by atoms with Gasteiger partial charge in [-0.25, -0.2) is 0 Å². The lowest BCUT2D eigenvalue weighted by Gasteiger charge is -2.04. The molecule has 0 saturated heterocycles. The lowest BCUT2D eigenvalue weighted by atomic mass is 10.1. The van der Waals surface area contributed by atoms with Crippen LogP contribution in [0.4, 0.5) is 11.4 Å². The third kappa shape index (κ3) is 5.73. The molecule has 0 spiro atoms. The number of nitrogen functional groups attached to an aromatic ring is 1. The summed E-state index contributed by atoms with van der Waals surface area (Å²) >= 11 is 0. The highest BCUT2D eigenvalue weighted by Gasteiger charge is 2.08. The number of anilines is 2. The molecular weight excluding hydrogens is 310 g/mol. The Hall–Kier alpha value is -2.87. The van der Waals surface area contributed by atoms with Gasteiger partial charge >= 0.3 is 0 Å². The Morgan fingerprint density at radius 2 is 2.00 bits per heavy atom. The predicted molar refractivity (Wildman–Crippen MR) is 90.3 cm³/mol. The van der Waals surface area contributed by atoms with Crippen LogP contribution in [0.5, 0.6) is 0 Å². The summed E-state index contributed by atoms with van der Waals surface area (Å²) in [5, 5.41) is 9.49. The molecule has 0 radical (unpaired) electrons. The van der Waals surface area contributed by atoms with E-state index in [1.54, 1.807) is 25.4 Å². The van der Waals surface area contributed by atoms with E-state index in [1.807, 2.05) is 12.1 Å². The van der Waals surface area contributed by atoms with Gasteiger partial charge in [0, 0.05) is 25.5 Å². The molecule has 4 N–H and O–H groups in total. The third-order valence-corrected chi connectivity index (χ3v) is 3.20. The topological polar surface area (TPSA) is 111 Å². The van der Waals surface area contributed by atoms with Crippen molar-refractivity contribution in [1.29, 1.82) is 0 Å². The molecule has 0 aliphatic carbocycles. The second-order valence-electron chi connectivity index (χ2n) is 5.24. The zero-order valence-corrected chi connectivity index (χ0v) is 13.5. The summed E-state index contributed by atoms with van der Waals surface area (Å²) in [5.74, 6) is -0.334. The number of nitrogens with two attached hydrogens (primary N) is 1. The van der Waals surface area contributed by atoms with Crippen molar-refractivity contribution in [1.82, 2.24) is 15.1 Å². The first-order valence-electron chi connectivity index (χ1n) is 7.49. The fraction of sp³-hybridized carbons (Fsp3) is 0.312. The van der Waals surface area contributed by atoms with Gasteiger partial charge in [0.25, 0.3) is 0 Å². The molecule has 24 heavy (non-hydrogen) atoms. The van der Waals surface area contributed by atoms with Crippen molar-refractivity contribution in [3.63, 3.8) is 0 Å². The van der Waals surface area contributed by atoms with Gasteiger partial charge in [-0.1, -0.05) is 12.1 Å². The van der Waals surface area contributed by atoms with E-state index in [0.717, 1.165) is 5.56 Å². The second-order valence-corrected chi connectivity index (χ2v) is 5.24. The van der Waals surface area contributed by atoms with Gasteiger partial charge in [0.05, 0.1) is 24.9 Å². The van der Waals surface area contributed by atoms with Gasteiger partial charge in [0.1, 0.15) is 6.54 Å². The number of nitrogens with one attached hydrogen (secondary N) is 2. The minimum absolute atomic E-state index is 0.0809. The Morgan fingerprint density at radius 1 is 1.25 bits per heavy atom. The largest absolute Gasteiger partial charge is 0.399 e. The summed E-state index contributed by atoms with van der Waals surface area (Å²) in [6.45, 7) is 0.983. The second kappa shape index (κ2) is 8.68. The number of rotatable bonds is 8. The van der Waals surface area contributed by atoms with Crippen LogP contribution in [-0.4, -0.2) is 41.9 Å². The molecular formula is C16H21N5O3. The van der Waals surface area contributed by atoms with Gasteiger partial charge < -0.3 is 21.1 Å². The summed E-state index contributed by atoms with van der Waals surface area (Å²) in [7, 11) is 1.57. The van der Waals surface area contributed by atoms with Gasteiger partial charge in [-0.2, -0.15) is 5.10 Å². The molecule has 1 heterocycles. The molecule has 2 rings (SSSR count). The maximum Gasteiger partial charge on any atom is 0.241 e. The minimum Gasteiger partial charge on any atom is -0.399 e. The molecule has 1 aromatic carbocycles. The molecule has 8 heteroatoms. The van der Waals surface area contributed by atoms with E-state index in [0.29, 0.717) is 24.5 Å². The molecule has 0 bridgehead atoms. The Kier molecular flexibility index (Phi) is 6.32. The van der Waals surface area contributed by atoms with Crippen LogP contribution in [0.2, 0.25) is 0 Å². The van der Waals surface area contributed by atoms with Crippen LogP contribution in [0.1, 0.15) is 5.56 Å². The maximum absolute atomic E-state index is 12.0. The lowest BCUT2D eigenvalue weighted by molar-refractivity contribution is -0.122. The van der Waals surface area contributed by atoms with Gasteiger partial charge in [-0.3, -0.25) is 14.3 Å². The van der Waals surface area contributed by atoms with Crippen molar-refractivity contribution in [3.05, 3.63) is 42.2 Å². The van der Waals surface area contributed by atoms with E-state index < -0.39 is 0 Å². The van der Waals surface area contributed by atoms with Crippen LogP contribution in [0, 0.1) is 0 Å². The number of hydrogen-bond acceptors (Lipinski definition) is 5. The first kappa shape index (κ1) is 17.5. The van der Waals surface area contributed by atoms with Crippen molar-refractivity contribution < 1.29 is 14.3 Å². The third-order valence-electron chi connectivity index (χ3n) is 3.20. The first-order valence-corrected chi connectivity index (χ1v) is 7.49. The lowest BCUT2D eigenvalue weighted by Crippen LogP contribution is -2.30. The van der Waals surface area contributed by atoms with E-state index in [4.69, 9.17) is 10.5 Å². The van der Waals surface area contributed by atoms with Crippen molar-refractivity contribution in [3.8, 4) is 0 Å². The highest BCUT2D eigenvalue weighted by Crippen LogP contribution is 2.09. The summed E-state index contributed by atoms with van der Waals surface area (Å²) < 4.78 is 6.31.